The Morgan fingerprint density at radius 1 is 0.958 bits per heavy atom. The number of thiazole rings is 1. The lowest BCUT2D eigenvalue weighted by atomic mass is 9.67. The summed E-state index contributed by atoms with van der Waals surface area (Å²) in [5, 5.41) is 12.5. The van der Waals surface area contributed by atoms with Gasteiger partial charge in [-0.2, -0.15) is 0 Å². The minimum absolute atomic E-state index is 0.0191. The van der Waals surface area contributed by atoms with Gasteiger partial charge in [0, 0.05) is 59.5 Å². The van der Waals surface area contributed by atoms with Crippen molar-refractivity contribution in [2.45, 2.75) is 48.7 Å². The average Bonchev–Trinajstić information content (AvgIpc) is 3.52. The zero-order chi connectivity index (χ0) is 33.6. The van der Waals surface area contributed by atoms with E-state index in [1.54, 1.807) is 12.3 Å². The van der Waals surface area contributed by atoms with Gasteiger partial charge in [-0.05, 0) is 49.9 Å². The van der Waals surface area contributed by atoms with Crippen molar-refractivity contribution in [3.8, 4) is 33.0 Å². The fourth-order valence-corrected chi connectivity index (χ4v) is 11.9. The van der Waals surface area contributed by atoms with Gasteiger partial charge in [0.25, 0.3) is 0 Å². The zero-order valence-electron chi connectivity index (χ0n) is 25.3. The number of benzene rings is 2. The van der Waals surface area contributed by atoms with Crippen molar-refractivity contribution in [3.05, 3.63) is 60.0 Å². The summed E-state index contributed by atoms with van der Waals surface area (Å²) in [5.41, 5.74) is -0.175. The first-order valence-corrected chi connectivity index (χ1v) is 19.6. The van der Waals surface area contributed by atoms with Crippen LogP contribution in [0.15, 0.2) is 47.5 Å². The van der Waals surface area contributed by atoms with E-state index in [2.05, 4.69) is 20.5 Å². The number of hydrogen-bond acceptors (Lipinski definition) is 11. The molecule has 1 spiro atoms. The molecule has 2 bridgehead atoms. The standard InChI is InChI=1S/C31H30F3N7O4S3/c32-22-7-6-20(25(34)28(22)48(35,44)45)19-2-1-3-21(24(19)33)26-27(46-30(40-26)41-17-4-5-18(41)13-36-12-17)23-8-9-37-29(39-23)38-16-10-31(11-16)14-47(42,43)15-31/h1-3,6-9,16-18,36H,4-5,10-15H2,(H2,35,44,45)(H,37,38,39). The lowest BCUT2D eigenvalue weighted by molar-refractivity contribution is 0.153. The van der Waals surface area contributed by atoms with Crippen molar-refractivity contribution >= 4 is 42.3 Å². The van der Waals surface area contributed by atoms with Crippen molar-refractivity contribution in [1.82, 2.24) is 20.3 Å². The van der Waals surface area contributed by atoms with E-state index in [-0.39, 0.29) is 51.9 Å². The fraction of sp³-hybridized carbons (Fsp3) is 0.387. The minimum Gasteiger partial charge on any atom is -0.351 e. The highest BCUT2D eigenvalue weighted by Gasteiger charge is 2.56. The lowest BCUT2D eigenvalue weighted by Gasteiger charge is -2.53. The first-order chi connectivity index (χ1) is 22.8. The lowest BCUT2D eigenvalue weighted by Crippen LogP contribution is -2.60. The van der Waals surface area contributed by atoms with Gasteiger partial charge in [-0.1, -0.05) is 23.5 Å². The van der Waals surface area contributed by atoms with Crippen LogP contribution in [0.5, 0.6) is 0 Å². The quantitative estimate of drug-likeness (QED) is 0.256. The number of aromatic nitrogens is 3. The number of nitrogens with zero attached hydrogens (tertiary/aromatic N) is 4. The third-order valence-corrected chi connectivity index (χ3v) is 13.9. The number of primary sulfonamides is 1. The van der Waals surface area contributed by atoms with Crippen LogP contribution in [0.2, 0.25) is 0 Å². The summed E-state index contributed by atoms with van der Waals surface area (Å²) in [5.74, 6) is -3.00. The normalized spacial score (nSPS) is 22.8. The predicted molar refractivity (Wildman–Crippen MR) is 175 cm³/mol. The molecule has 48 heavy (non-hydrogen) atoms. The minimum atomic E-state index is -4.79. The number of halogens is 3. The monoisotopic (exact) mass is 717 g/mol. The Morgan fingerprint density at radius 2 is 1.65 bits per heavy atom. The summed E-state index contributed by atoms with van der Waals surface area (Å²) in [7, 11) is -7.73. The van der Waals surface area contributed by atoms with E-state index >= 15 is 8.78 Å². The molecule has 1 aliphatic carbocycles. The molecule has 252 valence electrons. The smallest absolute Gasteiger partial charge is 0.243 e. The van der Waals surface area contributed by atoms with E-state index in [4.69, 9.17) is 15.1 Å². The Balaban J connectivity index is 1.19. The molecule has 2 aromatic carbocycles. The van der Waals surface area contributed by atoms with Crippen LogP contribution in [-0.2, 0) is 19.9 Å². The van der Waals surface area contributed by atoms with Crippen LogP contribution in [-0.4, -0.2) is 74.5 Å². The van der Waals surface area contributed by atoms with Crippen molar-refractivity contribution in [1.29, 1.82) is 0 Å². The maximum atomic E-state index is 16.5. The second-order valence-corrected chi connectivity index (χ2v) is 17.7. The van der Waals surface area contributed by atoms with Crippen LogP contribution in [0.4, 0.5) is 24.3 Å². The van der Waals surface area contributed by atoms with Gasteiger partial charge in [0.2, 0.25) is 16.0 Å². The van der Waals surface area contributed by atoms with Gasteiger partial charge in [-0.15, -0.1) is 0 Å². The molecule has 2 unspecified atom stereocenters. The van der Waals surface area contributed by atoms with Crippen molar-refractivity contribution in [3.63, 3.8) is 0 Å². The van der Waals surface area contributed by atoms with Crippen LogP contribution in [0.3, 0.4) is 0 Å². The van der Waals surface area contributed by atoms with Gasteiger partial charge >= 0.3 is 0 Å². The average molecular weight is 718 g/mol. The van der Waals surface area contributed by atoms with Crippen LogP contribution >= 0.6 is 11.3 Å². The number of sulfonamides is 1. The molecular formula is C31H30F3N7O4S3. The second-order valence-electron chi connectivity index (χ2n) is 13.1. The molecule has 4 fully saturated rings. The molecule has 2 aromatic heterocycles. The molecule has 4 N–H and O–H groups in total. The number of fused-ring (bicyclic) bond motifs is 2. The van der Waals surface area contributed by atoms with Gasteiger partial charge in [0.1, 0.15) is 11.6 Å². The number of nitrogens with two attached hydrogens (primary N) is 1. The van der Waals surface area contributed by atoms with Crippen molar-refractivity contribution < 1.29 is 30.0 Å². The highest BCUT2D eigenvalue weighted by molar-refractivity contribution is 7.92. The van der Waals surface area contributed by atoms with Crippen LogP contribution in [0, 0.1) is 22.9 Å². The summed E-state index contributed by atoms with van der Waals surface area (Å²) in [6, 6.07) is 8.10. The molecule has 3 saturated heterocycles. The third-order valence-electron chi connectivity index (χ3n) is 9.73. The van der Waals surface area contributed by atoms with Gasteiger partial charge in [-0.25, -0.2) is 50.1 Å². The molecule has 5 heterocycles. The van der Waals surface area contributed by atoms with Crippen LogP contribution < -0.4 is 20.7 Å². The molecule has 1 saturated carbocycles. The first kappa shape index (κ1) is 31.6. The maximum absolute atomic E-state index is 16.5. The Morgan fingerprint density at radius 3 is 2.33 bits per heavy atom. The second kappa shape index (κ2) is 11.2. The number of piperazine rings is 1. The van der Waals surface area contributed by atoms with Gasteiger partial charge in [-0.3, -0.25) is 0 Å². The van der Waals surface area contributed by atoms with E-state index in [1.807, 2.05) is 0 Å². The molecule has 4 aromatic rings. The van der Waals surface area contributed by atoms with Crippen LogP contribution in [0.25, 0.3) is 33.0 Å². The Labute approximate surface area is 278 Å². The van der Waals surface area contributed by atoms with Crippen molar-refractivity contribution in [2.24, 2.45) is 10.6 Å². The number of nitrogens with one attached hydrogen (secondary N) is 2. The molecule has 2 atom stereocenters. The van der Waals surface area contributed by atoms with Crippen molar-refractivity contribution in [2.75, 3.05) is 34.8 Å². The van der Waals surface area contributed by atoms with Gasteiger partial charge in [0.15, 0.2) is 25.7 Å². The number of sulfone groups is 1. The molecule has 17 heteroatoms. The number of anilines is 2. The summed E-state index contributed by atoms with van der Waals surface area (Å²) >= 11 is 1.36. The molecule has 3 aliphatic heterocycles. The molecule has 4 aliphatic rings. The van der Waals surface area contributed by atoms with Crippen LogP contribution in [0.1, 0.15) is 25.7 Å². The largest absolute Gasteiger partial charge is 0.351 e. The Bertz CT molecular complexity index is 2160. The van der Waals surface area contributed by atoms with Gasteiger partial charge in [0.05, 0.1) is 27.8 Å². The molecular weight excluding hydrogens is 688 g/mol. The Kier molecular flexibility index (Phi) is 7.38. The summed E-state index contributed by atoms with van der Waals surface area (Å²) in [4.78, 5) is 15.5. The number of hydrogen-bond donors (Lipinski definition) is 3. The Hall–Kier alpha value is -3.64. The summed E-state index contributed by atoms with van der Waals surface area (Å²) in [6.07, 6.45) is 4.95. The highest BCUT2D eigenvalue weighted by atomic mass is 32.2. The predicted octanol–water partition coefficient (Wildman–Crippen LogP) is 3.93. The van der Waals surface area contributed by atoms with Gasteiger partial charge < -0.3 is 15.5 Å². The van der Waals surface area contributed by atoms with E-state index in [9.17, 15) is 21.2 Å². The fourth-order valence-electron chi connectivity index (χ4n) is 7.74. The summed E-state index contributed by atoms with van der Waals surface area (Å²) in [6.45, 7) is 1.57. The maximum Gasteiger partial charge on any atom is 0.243 e. The number of rotatable bonds is 7. The zero-order valence-corrected chi connectivity index (χ0v) is 27.7. The topological polar surface area (TPSA) is 160 Å². The van der Waals surface area contributed by atoms with E-state index in [0.717, 1.165) is 38.1 Å². The van der Waals surface area contributed by atoms with E-state index < -0.39 is 47.8 Å². The molecule has 11 nitrogen and oxygen atoms in total. The summed E-state index contributed by atoms with van der Waals surface area (Å²) < 4.78 is 93.8. The first-order valence-electron chi connectivity index (χ1n) is 15.4. The molecule has 0 amide bonds. The van der Waals surface area contributed by atoms with E-state index in [0.29, 0.717) is 34.5 Å². The SMILES string of the molecule is NS(=O)(=O)c1c(F)ccc(-c2cccc(-c3nc(N4C5CCC4CNC5)sc3-c3ccnc(NC4CC5(C4)CS(=O)(=O)C5)n3)c2F)c1F. The molecule has 0 radical (unpaired) electrons. The highest BCUT2D eigenvalue weighted by Crippen LogP contribution is 2.51. The third kappa shape index (κ3) is 5.35. The van der Waals surface area contributed by atoms with E-state index in [1.165, 1.54) is 29.5 Å². The molecule has 8 rings (SSSR count).